The number of fused-ring (bicyclic) bond motifs is 1. The van der Waals surface area contributed by atoms with E-state index in [0.29, 0.717) is 6.54 Å². The van der Waals surface area contributed by atoms with E-state index in [1.165, 1.54) is 0 Å². The molecule has 0 atom stereocenters. The Morgan fingerprint density at radius 1 is 1.05 bits per heavy atom. The number of nitrogens with zero attached hydrogens (tertiary/aromatic N) is 1. The molecular formula is C17H14BrNO2. The van der Waals surface area contributed by atoms with Crippen LogP contribution in [0, 0.1) is 0 Å². The smallest absolute Gasteiger partial charge is 0.251 e. The van der Waals surface area contributed by atoms with Crippen LogP contribution in [-0.4, -0.2) is 11.7 Å². The first kappa shape index (κ1) is 13.9. The summed E-state index contributed by atoms with van der Waals surface area (Å²) in [5.74, 6) is 0.813. The van der Waals surface area contributed by atoms with Gasteiger partial charge in [-0.25, -0.2) is 0 Å². The van der Waals surface area contributed by atoms with E-state index in [9.17, 15) is 4.79 Å². The summed E-state index contributed by atoms with van der Waals surface area (Å²) in [6, 6.07) is 15.3. The quantitative estimate of drug-likeness (QED) is 0.723. The Kier molecular flexibility index (Phi) is 3.80. The van der Waals surface area contributed by atoms with Gasteiger partial charge in [-0.3, -0.25) is 4.79 Å². The number of hydrogen-bond acceptors (Lipinski definition) is 2. The van der Waals surface area contributed by atoms with Crippen LogP contribution in [0.5, 0.6) is 5.75 Å². The van der Waals surface area contributed by atoms with E-state index in [4.69, 9.17) is 4.74 Å². The molecule has 1 heterocycles. The first-order valence-corrected chi connectivity index (χ1v) is 7.38. The minimum Gasteiger partial charge on any atom is -0.497 e. The van der Waals surface area contributed by atoms with Crippen molar-refractivity contribution in [1.82, 2.24) is 4.57 Å². The fraction of sp³-hybridized carbons (Fsp3) is 0.118. The molecule has 3 rings (SSSR count). The molecule has 0 saturated heterocycles. The van der Waals surface area contributed by atoms with Crippen LogP contribution in [0.4, 0.5) is 0 Å². The van der Waals surface area contributed by atoms with Gasteiger partial charge in [0.15, 0.2) is 0 Å². The van der Waals surface area contributed by atoms with Gasteiger partial charge in [-0.2, -0.15) is 0 Å². The van der Waals surface area contributed by atoms with Gasteiger partial charge >= 0.3 is 0 Å². The largest absolute Gasteiger partial charge is 0.497 e. The lowest BCUT2D eigenvalue weighted by Gasteiger charge is -2.08. The van der Waals surface area contributed by atoms with Crippen molar-refractivity contribution >= 4 is 26.7 Å². The van der Waals surface area contributed by atoms with Crippen molar-refractivity contribution in [1.29, 1.82) is 0 Å². The van der Waals surface area contributed by atoms with E-state index in [1.54, 1.807) is 17.7 Å². The van der Waals surface area contributed by atoms with Gasteiger partial charge in [0.2, 0.25) is 0 Å². The Morgan fingerprint density at radius 3 is 2.52 bits per heavy atom. The normalized spacial score (nSPS) is 10.8. The molecule has 0 aliphatic carbocycles. The zero-order valence-electron chi connectivity index (χ0n) is 11.5. The van der Waals surface area contributed by atoms with E-state index in [-0.39, 0.29) is 5.56 Å². The van der Waals surface area contributed by atoms with Gasteiger partial charge in [0.1, 0.15) is 5.75 Å². The van der Waals surface area contributed by atoms with Gasteiger partial charge in [0.05, 0.1) is 13.7 Å². The van der Waals surface area contributed by atoms with Crippen molar-refractivity contribution in [3.05, 3.63) is 75.1 Å². The maximum Gasteiger partial charge on any atom is 0.251 e. The van der Waals surface area contributed by atoms with Crippen LogP contribution in [0.15, 0.2) is 64.0 Å². The molecule has 0 saturated carbocycles. The SMILES string of the molecule is COc1ccc(Cn2cc3cc(Br)ccc3cc2=O)cc1. The number of pyridine rings is 1. The highest BCUT2D eigenvalue weighted by atomic mass is 79.9. The maximum absolute atomic E-state index is 12.2. The number of halogens is 1. The first-order valence-electron chi connectivity index (χ1n) is 6.58. The second kappa shape index (κ2) is 5.74. The molecule has 0 N–H and O–H groups in total. The molecule has 3 nitrogen and oxygen atoms in total. The lowest BCUT2D eigenvalue weighted by Crippen LogP contribution is -2.18. The topological polar surface area (TPSA) is 31.2 Å². The molecule has 0 spiro atoms. The summed E-state index contributed by atoms with van der Waals surface area (Å²) >= 11 is 3.46. The average Bonchev–Trinajstić information content (AvgIpc) is 2.49. The van der Waals surface area contributed by atoms with E-state index in [1.807, 2.05) is 48.7 Å². The van der Waals surface area contributed by atoms with E-state index in [2.05, 4.69) is 15.9 Å². The van der Waals surface area contributed by atoms with Gasteiger partial charge in [-0.05, 0) is 40.6 Å². The molecule has 0 radical (unpaired) electrons. The highest BCUT2D eigenvalue weighted by molar-refractivity contribution is 9.10. The Balaban J connectivity index is 1.99. The molecule has 2 aromatic carbocycles. The van der Waals surface area contributed by atoms with Crippen molar-refractivity contribution in [3.8, 4) is 5.75 Å². The molecule has 106 valence electrons. The molecule has 21 heavy (non-hydrogen) atoms. The van der Waals surface area contributed by atoms with Crippen molar-refractivity contribution in [2.75, 3.05) is 7.11 Å². The summed E-state index contributed by atoms with van der Waals surface area (Å²) in [6.45, 7) is 0.547. The standard InChI is InChI=1S/C17H14BrNO2/c1-21-16-6-2-12(3-7-16)10-19-11-14-8-15(18)5-4-13(14)9-17(19)20/h2-9,11H,10H2,1H3. The average molecular weight is 344 g/mol. The molecule has 1 aromatic heterocycles. The lowest BCUT2D eigenvalue weighted by molar-refractivity contribution is 0.414. The Morgan fingerprint density at radius 2 is 1.81 bits per heavy atom. The molecule has 3 aromatic rings. The maximum atomic E-state index is 12.2. The van der Waals surface area contributed by atoms with Crippen LogP contribution in [0.1, 0.15) is 5.56 Å². The third-order valence-corrected chi connectivity index (χ3v) is 3.91. The van der Waals surface area contributed by atoms with Crippen molar-refractivity contribution in [2.45, 2.75) is 6.54 Å². The minimum atomic E-state index is 0.000593. The lowest BCUT2D eigenvalue weighted by atomic mass is 10.1. The summed E-state index contributed by atoms with van der Waals surface area (Å²) < 4.78 is 7.86. The van der Waals surface area contributed by atoms with Crippen LogP contribution in [0.2, 0.25) is 0 Å². The number of methoxy groups -OCH3 is 1. The third-order valence-electron chi connectivity index (χ3n) is 3.42. The Bertz CT molecular complexity index is 838. The fourth-order valence-electron chi connectivity index (χ4n) is 2.29. The van der Waals surface area contributed by atoms with Crippen molar-refractivity contribution in [2.24, 2.45) is 0 Å². The van der Waals surface area contributed by atoms with Crippen LogP contribution < -0.4 is 10.3 Å². The molecule has 0 fully saturated rings. The molecule has 0 unspecified atom stereocenters. The molecule has 0 bridgehead atoms. The highest BCUT2D eigenvalue weighted by Gasteiger charge is 2.02. The zero-order chi connectivity index (χ0) is 14.8. The summed E-state index contributed by atoms with van der Waals surface area (Å²) in [4.78, 5) is 12.2. The predicted octanol–water partition coefficient (Wildman–Crippen LogP) is 3.82. The van der Waals surface area contributed by atoms with Gasteiger partial charge in [0.25, 0.3) is 5.56 Å². The summed E-state index contributed by atoms with van der Waals surface area (Å²) in [5.41, 5.74) is 1.06. The summed E-state index contributed by atoms with van der Waals surface area (Å²) in [5, 5.41) is 1.99. The molecule has 0 aliphatic rings. The Labute approximate surface area is 130 Å². The van der Waals surface area contributed by atoms with Gasteiger partial charge in [-0.15, -0.1) is 0 Å². The monoisotopic (exact) mass is 343 g/mol. The molecule has 4 heteroatoms. The Hall–Kier alpha value is -2.07. The highest BCUT2D eigenvalue weighted by Crippen LogP contribution is 2.18. The van der Waals surface area contributed by atoms with Gasteiger partial charge in [0, 0.05) is 16.7 Å². The van der Waals surface area contributed by atoms with Crippen LogP contribution in [-0.2, 0) is 6.54 Å². The molecule has 0 amide bonds. The summed E-state index contributed by atoms with van der Waals surface area (Å²) in [7, 11) is 1.64. The number of ether oxygens (including phenoxy) is 1. The van der Waals surface area contributed by atoms with Gasteiger partial charge in [-0.1, -0.05) is 34.1 Å². The number of rotatable bonds is 3. The minimum absolute atomic E-state index is 0.000593. The van der Waals surface area contributed by atoms with Crippen LogP contribution >= 0.6 is 15.9 Å². The van der Waals surface area contributed by atoms with Crippen molar-refractivity contribution in [3.63, 3.8) is 0 Å². The fourth-order valence-corrected chi connectivity index (χ4v) is 2.67. The van der Waals surface area contributed by atoms with Crippen LogP contribution in [0.3, 0.4) is 0 Å². The van der Waals surface area contributed by atoms with E-state index >= 15 is 0 Å². The zero-order valence-corrected chi connectivity index (χ0v) is 13.1. The van der Waals surface area contributed by atoms with Gasteiger partial charge < -0.3 is 9.30 Å². The van der Waals surface area contributed by atoms with E-state index < -0.39 is 0 Å². The van der Waals surface area contributed by atoms with E-state index in [0.717, 1.165) is 26.6 Å². The number of benzene rings is 2. The first-order chi connectivity index (χ1) is 10.2. The number of aromatic nitrogens is 1. The van der Waals surface area contributed by atoms with Crippen molar-refractivity contribution < 1.29 is 4.74 Å². The second-order valence-electron chi connectivity index (χ2n) is 4.86. The molecule has 0 aliphatic heterocycles. The molecular weight excluding hydrogens is 330 g/mol. The number of hydrogen-bond donors (Lipinski definition) is 0. The third kappa shape index (κ3) is 3.00. The van der Waals surface area contributed by atoms with Crippen LogP contribution in [0.25, 0.3) is 10.8 Å². The predicted molar refractivity (Wildman–Crippen MR) is 88.0 cm³/mol. The summed E-state index contributed by atoms with van der Waals surface area (Å²) in [6.07, 6.45) is 1.90. The second-order valence-corrected chi connectivity index (χ2v) is 5.78.